The molecule has 0 unspecified atom stereocenters. The quantitative estimate of drug-likeness (QED) is 0.614. The third-order valence-corrected chi connectivity index (χ3v) is 4.51. The highest BCUT2D eigenvalue weighted by Gasteiger charge is 2.20. The van der Waals surface area contributed by atoms with Gasteiger partial charge in [-0.2, -0.15) is 0 Å². The zero-order chi connectivity index (χ0) is 17.1. The molecule has 0 saturated carbocycles. The van der Waals surface area contributed by atoms with Crippen LogP contribution in [0.4, 0.5) is 0 Å². The Bertz CT molecular complexity index is 851. The van der Waals surface area contributed by atoms with Crippen LogP contribution in [0.2, 0.25) is 0 Å². The fraction of sp³-hybridized carbons (Fsp3) is 0.333. The summed E-state index contributed by atoms with van der Waals surface area (Å²) in [5.41, 5.74) is 2.67. The van der Waals surface area contributed by atoms with Crippen LogP contribution in [0.25, 0.3) is 4.96 Å². The van der Waals surface area contributed by atoms with Gasteiger partial charge in [0.1, 0.15) is 6.04 Å². The Morgan fingerprint density at radius 2 is 2.29 bits per heavy atom. The summed E-state index contributed by atoms with van der Waals surface area (Å²) in [5.74, 6) is -0.513. The number of aromatic nitrogens is 4. The predicted octanol–water partition coefficient (Wildman–Crippen LogP) is 0.791. The maximum Gasteiger partial charge on any atom is 0.243 e. The van der Waals surface area contributed by atoms with Crippen LogP contribution in [0.15, 0.2) is 24.1 Å². The average Bonchev–Trinajstić information content (AvgIpc) is 3.24. The predicted molar refractivity (Wildman–Crippen MR) is 89.5 cm³/mol. The van der Waals surface area contributed by atoms with E-state index >= 15 is 0 Å². The molecule has 0 bridgehead atoms. The molecule has 8 nitrogen and oxygen atoms in total. The highest BCUT2D eigenvalue weighted by Crippen LogP contribution is 2.15. The second-order valence-corrected chi connectivity index (χ2v) is 6.35. The summed E-state index contributed by atoms with van der Waals surface area (Å²) in [6, 6.07) is -0.659. The minimum atomic E-state index is -0.659. The highest BCUT2D eigenvalue weighted by atomic mass is 32.1. The molecule has 1 atom stereocenters. The van der Waals surface area contributed by atoms with Gasteiger partial charge in [-0.3, -0.25) is 14.0 Å². The molecule has 3 aromatic rings. The van der Waals surface area contributed by atoms with E-state index in [-0.39, 0.29) is 11.8 Å². The second kappa shape index (κ2) is 6.83. The molecule has 126 valence electrons. The van der Waals surface area contributed by atoms with Crippen molar-refractivity contribution in [2.24, 2.45) is 0 Å². The van der Waals surface area contributed by atoms with Crippen molar-refractivity contribution in [3.63, 3.8) is 0 Å². The van der Waals surface area contributed by atoms with E-state index in [1.807, 2.05) is 22.9 Å². The van der Waals surface area contributed by atoms with Gasteiger partial charge in [0.15, 0.2) is 4.96 Å². The Hall–Kier alpha value is -2.68. The molecule has 2 amide bonds. The van der Waals surface area contributed by atoms with Crippen LogP contribution in [0, 0.1) is 6.92 Å². The van der Waals surface area contributed by atoms with Crippen LogP contribution in [-0.4, -0.2) is 37.2 Å². The van der Waals surface area contributed by atoms with Gasteiger partial charge in [0.2, 0.25) is 11.8 Å². The zero-order valence-corrected chi connectivity index (χ0v) is 14.2. The number of rotatable bonds is 6. The minimum Gasteiger partial charge on any atom is -0.349 e. The topological polar surface area (TPSA) is 104 Å². The monoisotopic (exact) mass is 346 g/mol. The van der Waals surface area contributed by atoms with Crippen molar-refractivity contribution in [3.05, 3.63) is 41.2 Å². The minimum absolute atomic E-state index is 0.257. The lowest BCUT2D eigenvalue weighted by molar-refractivity contribution is -0.128. The Labute approximate surface area is 142 Å². The third-order valence-electron chi connectivity index (χ3n) is 3.55. The number of nitrogens with zero attached hydrogens (tertiary/aromatic N) is 3. The van der Waals surface area contributed by atoms with E-state index in [0.29, 0.717) is 13.0 Å². The van der Waals surface area contributed by atoms with Crippen molar-refractivity contribution < 1.29 is 9.59 Å². The summed E-state index contributed by atoms with van der Waals surface area (Å²) >= 11 is 1.56. The number of fused-ring (bicyclic) bond motifs is 1. The van der Waals surface area contributed by atoms with Crippen molar-refractivity contribution in [1.29, 1.82) is 0 Å². The van der Waals surface area contributed by atoms with Crippen molar-refractivity contribution in [2.45, 2.75) is 32.9 Å². The summed E-state index contributed by atoms with van der Waals surface area (Å²) in [6.45, 7) is 3.70. The lowest BCUT2D eigenvalue weighted by Crippen LogP contribution is -2.47. The molecule has 24 heavy (non-hydrogen) atoms. The number of amides is 2. The van der Waals surface area contributed by atoms with Crippen LogP contribution in [0.1, 0.15) is 24.0 Å². The maximum absolute atomic E-state index is 12.4. The number of imidazole rings is 2. The first-order valence-corrected chi connectivity index (χ1v) is 8.35. The molecule has 3 heterocycles. The Morgan fingerprint density at radius 3 is 2.96 bits per heavy atom. The molecule has 0 radical (unpaired) electrons. The van der Waals surface area contributed by atoms with Gasteiger partial charge >= 0.3 is 0 Å². The van der Waals surface area contributed by atoms with Gasteiger partial charge in [-0.05, 0) is 6.92 Å². The first-order chi connectivity index (χ1) is 11.5. The lowest BCUT2D eigenvalue weighted by atomic mass is 10.1. The number of aryl methyl sites for hydroxylation is 1. The highest BCUT2D eigenvalue weighted by molar-refractivity contribution is 7.15. The van der Waals surface area contributed by atoms with Crippen LogP contribution >= 0.6 is 11.3 Å². The van der Waals surface area contributed by atoms with E-state index in [1.54, 1.807) is 17.5 Å². The fourth-order valence-corrected chi connectivity index (χ4v) is 3.27. The number of carbonyl (C=O) groups is 2. The Kier molecular flexibility index (Phi) is 4.61. The molecular weight excluding hydrogens is 328 g/mol. The molecule has 0 aromatic carbocycles. The molecular formula is C15H18N6O2S. The Balaban J connectivity index is 1.64. The number of carbonyl (C=O) groups excluding carboxylic acids is 2. The standard InChI is InChI=1S/C15H18N6O2S/c1-9-7-24-15-20-12(6-21(9)15)5-17-14(23)13(19-10(2)22)3-11-4-16-8-18-11/h4,6-8,13H,3,5H2,1-2H3,(H,16,18)(H,17,23)(H,19,22)/t13-/m0/s1. The molecule has 0 spiro atoms. The number of nitrogens with one attached hydrogen (secondary N) is 3. The normalized spacial score (nSPS) is 12.2. The smallest absolute Gasteiger partial charge is 0.243 e. The van der Waals surface area contributed by atoms with Gasteiger partial charge in [0.25, 0.3) is 0 Å². The summed E-state index contributed by atoms with van der Waals surface area (Å²) < 4.78 is 1.99. The molecule has 3 rings (SSSR count). The molecule has 0 saturated heterocycles. The molecule has 0 aliphatic carbocycles. The van der Waals surface area contributed by atoms with Crippen molar-refractivity contribution in [1.82, 2.24) is 30.0 Å². The van der Waals surface area contributed by atoms with Gasteiger partial charge in [-0.15, -0.1) is 11.3 Å². The van der Waals surface area contributed by atoms with Crippen molar-refractivity contribution in [3.8, 4) is 0 Å². The van der Waals surface area contributed by atoms with Gasteiger partial charge in [-0.25, -0.2) is 9.97 Å². The fourth-order valence-electron chi connectivity index (χ4n) is 2.40. The van der Waals surface area contributed by atoms with Crippen molar-refractivity contribution >= 4 is 28.1 Å². The number of H-pyrrole nitrogens is 1. The third kappa shape index (κ3) is 3.62. The van der Waals surface area contributed by atoms with E-state index in [1.165, 1.54) is 13.3 Å². The average molecular weight is 346 g/mol. The van der Waals surface area contributed by atoms with Gasteiger partial charge in [-0.1, -0.05) is 0 Å². The van der Waals surface area contributed by atoms with Gasteiger partial charge in [0, 0.05) is 42.5 Å². The summed E-state index contributed by atoms with van der Waals surface area (Å²) in [7, 11) is 0. The Morgan fingerprint density at radius 1 is 1.46 bits per heavy atom. The van der Waals surface area contributed by atoms with Crippen LogP contribution < -0.4 is 10.6 Å². The first kappa shape index (κ1) is 16.2. The summed E-state index contributed by atoms with van der Waals surface area (Å²) in [4.78, 5) is 36.0. The SMILES string of the molecule is CC(=O)N[C@@H](Cc1cnc[nH]1)C(=O)NCc1cn2c(C)csc2n1. The molecule has 0 fully saturated rings. The van der Waals surface area contributed by atoms with Crippen LogP contribution in [0.3, 0.4) is 0 Å². The van der Waals surface area contributed by atoms with E-state index in [4.69, 9.17) is 0 Å². The molecule has 0 aliphatic heterocycles. The molecule has 9 heteroatoms. The molecule has 3 aromatic heterocycles. The van der Waals surface area contributed by atoms with E-state index in [9.17, 15) is 9.59 Å². The van der Waals surface area contributed by atoms with Gasteiger partial charge in [0.05, 0.1) is 18.6 Å². The number of thiazole rings is 1. The van der Waals surface area contributed by atoms with E-state index in [0.717, 1.165) is 22.0 Å². The maximum atomic E-state index is 12.4. The van der Waals surface area contributed by atoms with Gasteiger partial charge < -0.3 is 15.6 Å². The van der Waals surface area contributed by atoms with E-state index in [2.05, 4.69) is 25.6 Å². The lowest BCUT2D eigenvalue weighted by Gasteiger charge is -2.16. The second-order valence-electron chi connectivity index (χ2n) is 5.51. The number of aromatic amines is 1. The zero-order valence-electron chi connectivity index (χ0n) is 13.4. The summed E-state index contributed by atoms with van der Waals surface area (Å²) in [5, 5.41) is 7.52. The number of hydrogen-bond acceptors (Lipinski definition) is 5. The van der Waals surface area contributed by atoms with Crippen LogP contribution in [0.5, 0.6) is 0 Å². The number of hydrogen-bond donors (Lipinski definition) is 3. The van der Waals surface area contributed by atoms with Crippen molar-refractivity contribution in [2.75, 3.05) is 0 Å². The summed E-state index contributed by atoms with van der Waals surface area (Å²) in [6.07, 6.45) is 5.43. The molecule has 3 N–H and O–H groups in total. The van der Waals surface area contributed by atoms with E-state index < -0.39 is 6.04 Å². The first-order valence-electron chi connectivity index (χ1n) is 7.47. The molecule has 0 aliphatic rings. The largest absolute Gasteiger partial charge is 0.349 e. The van der Waals surface area contributed by atoms with Crippen LogP contribution in [-0.2, 0) is 22.6 Å².